The minimum atomic E-state index is -4.59. The maximum Gasteiger partial charge on any atom is 0.524 e. The first-order valence-corrected chi connectivity index (χ1v) is 7.48. The number of phosphoric acid groups is 1. The molecular weight excluding hydrogens is 283 g/mol. The van der Waals surface area contributed by atoms with Gasteiger partial charge in [0.25, 0.3) is 0 Å². The summed E-state index contributed by atoms with van der Waals surface area (Å²) in [6.45, 7) is 1.94. The summed E-state index contributed by atoms with van der Waals surface area (Å²) in [5.74, 6) is -0.00280. The van der Waals surface area contributed by atoms with E-state index in [1.807, 2.05) is 6.07 Å². The van der Waals surface area contributed by atoms with E-state index in [4.69, 9.17) is 9.79 Å². The van der Waals surface area contributed by atoms with Gasteiger partial charge in [-0.25, -0.2) is 4.57 Å². The van der Waals surface area contributed by atoms with Gasteiger partial charge in [0.05, 0.1) is 5.52 Å². The topological polar surface area (TPSA) is 112 Å². The molecule has 0 aliphatic heterocycles. The minimum Gasteiger partial charge on any atom is -0.402 e. The highest BCUT2D eigenvalue weighted by molar-refractivity contribution is 7.46. The second-order valence-corrected chi connectivity index (χ2v) is 5.47. The van der Waals surface area contributed by atoms with Crippen LogP contribution in [0.5, 0.6) is 5.75 Å². The van der Waals surface area contributed by atoms with Gasteiger partial charge in [0.15, 0.2) is 5.75 Å². The average molecular weight is 298 g/mol. The molecule has 0 bridgehead atoms. The average Bonchev–Trinajstić information content (AvgIpc) is 2.71. The van der Waals surface area contributed by atoms with Gasteiger partial charge in [-0.15, -0.1) is 0 Å². The van der Waals surface area contributed by atoms with Crippen molar-refractivity contribution in [1.82, 2.24) is 10.3 Å². The van der Waals surface area contributed by atoms with E-state index in [1.54, 1.807) is 12.3 Å². The van der Waals surface area contributed by atoms with Gasteiger partial charge < -0.3 is 14.8 Å². The molecule has 1 aromatic heterocycles. The fourth-order valence-corrected chi connectivity index (χ4v) is 2.38. The lowest BCUT2D eigenvalue weighted by Crippen LogP contribution is -2.22. The van der Waals surface area contributed by atoms with Crippen LogP contribution in [0.25, 0.3) is 10.9 Å². The molecule has 20 heavy (non-hydrogen) atoms. The lowest BCUT2D eigenvalue weighted by atomic mass is 10.1. The summed E-state index contributed by atoms with van der Waals surface area (Å²) < 4.78 is 15.5. The lowest BCUT2D eigenvalue weighted by Gasteiger charge is -2.07. The molecule has 2 rings (SSSR count). The Balaban J connectivity index is 2.25. The van der Waals surface area contributed by atoms with Gasteiger partial charge in [0, 0.05) is 25.1 Å². The normalized spacial score (nSPS) is 11.6. The van der Waals surface area contributed by atoms with Crippen LogP contribution in [0.4, 0.5) is 0 Å². The zero-order valence-electron chi connectivity index (χ0n) is 10.8. The van der Waals surface area contributed by atoms with Crippen LogP contribution in [0.3, 0.4) is 0 Å². The van der Waals surface area contributed by atoms with Crippen molar-refractivity contribution in [2.75, 3.05) is 6.54 Å². The Morgan fingerprint density at radius 3 is 2.85 bits per heavy atom. The van der Waals surface area contributed by atoms with Gasteiger partial charge in [-0.1, -0.05) is 12.1 Å². The van der Waals surface area contributed by atoms with E-state index in [0.717, 1.165) is 10.9 Å². The van der Waals surface area contributed by atoms with Crippen LogP contribution in [-0.4, -0.2) is 27.2 Å². The third-order valence-electron chi connectivity index (χ3n) is 2.75. The maximum atomic E-state index is 10.9. The van der Waals surface area contributed by atoms with Crippen molar-refractivity contribution < 1.29 is 23.7 Å². The number of amides is 1. The van der Waals surface area contributed by atoms with Crippen LogP contribution in [0.1, 0.15) is 12.5 Å². The van der Waals surface area contributed by atoms with Crippen molar-refractivity contribution in [3.05, 3.63) is 30.0 Å². The van der Waals surface area contributed by atoms with E-state index in [1.165, 1.54) is 13.0 Å². The summed E-state index contributed by atoms with van der Waals surface area (Å²) in [5, 5.41) is 3.50. The van der Waals surface area contributed by atoms with Gasteiger partial charge in [-0.2, -0.15) is 0 Å². The first-order valence-electron chi connectivity index (χ1n) is 5.95. The number of hydrogen-bond acceptors (Lipinski definition) is 3. The summed E-state index contributed by atoms with van der Waals surface area (Å²) in [5.41, 5.74) is 1.46. The Hall–Kier alpha value is -1.82. The quantitative estimate of drug-likeness (QED) is 0.622. The fourth-order valence-electron chi connectivity index (χ4n) is 1.97. The largest absolute Gasteiger partial charge is 0.524 e. The predicted molar refractivity (Wildman–Crippen MR) is 73.4 cm³/mol. The molecule has 1 amide bonds. The number of nitrogens with one attached hydrogen (secondary N) is 2. The van der Waals surface area contributed by atoms with Crippen LogP contribution in [0, 0.1) is 0 Å². The molecule has 0 unspecified atom stereocenters. The third-order valence-corrected chi connectivity index (χ3v) is 3.18. The second-order valence-electron chi connectivity index (χ2n) is 4.31. The molecule has 0 aliphatic carbocycles. The monoisotopic (exact) mass is 298 g/mol. The fraction of sp³-hybridized carbons (Fsp3) is 0.250. The number of phosphoric ester groups is 1. The van der Waals surface area contributed by atoms with E-state index in [0.29, 0.717) is 18.5 Å². The number of para-hydroxylation sites is 1. The Labute approximate surface area is 115 Å². The standard InChI is InChI=1S/C12H15N2O5P/c1-8(15)13-6-5-9-7-14-12-10(9)3-2-4-11(12)19-20(16,17)18/h2-4,7,14H,5-6H2,1H3,(H,13,15)(H2,16,17,18). The van der Waals surface area contributed by atoms with Crippen LogP contribution in [0.15, 0.2) is 24.4 Å². The number of rotatable bonds is 5. The molecule has 108 valence electrons. The Bertz CT molecular complexity index is 676. The Kier molecular flexibility index (Phi) is 4.13. The van der Waals surface area contributed by atoms with Crippen LogP contribution < -0.4 is 9.84 Å². The van der Waals surface area contributed by atoms with Crippen molar-refractivity contribution >= 4 is 24.6 Å². The molecule has 8 heteroatoms. The molecule has 1 heterocycles. The highest BCUT2D eigenvalue weighted by Crippen LogP contribution is 2.40. The number of carbonyl (C=O) groups is 1. The highest BCUT2D eigenvalue weighted by Gasteiger charge is 2.18. The van der Waals surface area contributed by atoms with E-state index in [9.17, 15) is 9.36 Å². The van der Waals surface area contributed by atoms with Crippen molar-refractivity contribution in [1.29, 1.82) is 0 Å². The summed E-state index contributed by atoms with van der Waals surface area (Å²) in [7, 11) is -4.59. The van der Waals surface area contributed by atoms with Crippen LogP contribution in [0.2, 0.25) is 0 Å². The zero-order valence-corrected chi connectivity index (χ0v) is 11.7. The lowest BCUT2D eigenvalue weighted by molar-refractivity contribution is -0.118. The third kappa shape index (κ3) is 3.60. The molecule has 0 atom stereocenters. The van der Waals surface area contributed by atoms with Crippen molar-refractivity contribution in [2.45, 2.75) is 13.3 Å². The van der Waals surface area contributed by atoms with Gasteiger partial charge in [-0.3, -0.25) is 14.6 Å². The predicted octanol–water partition coefficient (Wildman–Crippen LogP) is 1.32. The molecule has 0 fully saturated rings. The van der Waals surface area contributed by atoms with Crippen molar-refractivity contribution in [2.24, 2.45) is 0 Å². The molecule has 0 spiro atoms. The number of carbonyl (C=O) groups excluding carboxylic acids is 1. The Morgan fingerprint density at radius 2 is 2.20 bits per heavy atom. The maximum absolute atomic E-state index is 10.9. The van der Waals surface area contributed by atoms with Crippen molar-refractivity contribution in [3.63, 3.8) is 0 Å². The molecule has 0 saturated carbocycles. The summed E-state index contributed by atoms with van der Waals surface area (Å²) in [6.07, 6.45) is 2.35. The number of aromatic amines is 1. The van der Waals surface area contributed by atoms with E-state index in [-0.39, 0.29) is 11.7 Å². The van der Waals surface area contributed by atoms with Gasteiger partial charge in [0.2, 0.25) is 5.91 Å². The second kappa shape index (κ2) is 5.66. The number of aromatic nitrogens is 1. The summed E-state index contributed by atoms with van der Waals surface area (Å²) in [6, 6.07) is 4.96. The minimum absolute atomic E-state index is 0.0987. The zero-order chi connectivity index (χ0) is 14.8. The van der Waals surface area contributed by atoms with Gasteiger partial charge >= 0.3 is 7.82 Å². The molecule has 7 nitrogen and oxygen atoms in total. The first kappa shape index (κ1) is 14.6. The highest BCUT2D eigenvalue weighted by atomic mass is 31.2. The van der Waals surface area contributed by atoms with Crippen LogP contribution in [-0.2, 0) is 15.8 Å². The number of hydrogen-bond donors (Lipinski definition) is 4. The van der Waals surface area contributed by atoms with E-state index < -0.39 is 7.82 Å². The van der Waals surface area contributed by atoms with Crippen molar-refractivity contribution in [3.8, 4) is 5.75 Å². The number of H-pyrrole nitrogens is 1. The van der Waals surface area contributed by atoms with E-state index in [2.05, 4.69) is 14.8 Å². The molecule has 0 saturated heterocycles. The molecule has 1 aromatic carbocycles. The van der Waals surface area contributed by atoms with Gasteiger partial charge in [0.1, 0.15) is 0 Å². The molecular formula is C12H15N2O5P. The van der Waals surface area contributed by atoms with Crippen LogP contribution >= 0.6 is 7.82 Å². The SMILES string of the molecule is CC(=O)NCCc1c[nH]c2c(OP(=O)(O)O)cccc12. The summed E-state index contributed by atoms with van der Waals surface area (Å²) in [4.78, 5) is 31.5. The Morgan fingerprint density at radius 1 is 1.45 bits per heavy atom. The molecule has 2 aromatic rings. The van der Waals surface area contributed by atoms with Gasteiger partial charge in [-0.05, 0) is 18.1 Å². The number of benzene rings is 1. The summed E-state index contributed by atoms with van der Waals surface area (Å²) >= 11 is 0. The molecule has 0 aliphatic rings. The number of fused-ring (bicyclic) bond motifs is 1. The van der Waals surface area contributed by atoms with E-state index >= 15 is 0 Å². The smallest absolute Gasteiger partial charge is 0.402 e. The first-order chi connectivity index (χ1) is 9.37. The molecule has 0 radical (unpaired) electrons. The molecule has 4 N–H and O–H groups in total.